The molecule has 35 heavy (non-hydrogen) atoms. The Balaban J connectivity index is 1.39. The van der Waals surface area contributed by atoms with Crippen molar-refractivity contribution in [2.24, 2.45) is 17.8 Å². The van der Waals surface area contributed by atoms with Crippen molar-refractivity contribution < 1.29 is 18.7 Å². The first-order valence-electron chi connectivity index (χ1n) is 12.4. The van der Waals surface area contributed by atoms with Crippen molar-refractivity contribution in [1.82, 2.24) is 19.7 Å². The second-order valence-corrected chi connectivity index (χ2v) is 10.7. The van der Waals surface area contributed by atoms with Gasteiger partial charge < -0.3 is 14.1 Å². The Hall–Kier alpha value is -2.81. The minimum Gasteiger partial charge on any atom is -0.462 e. The Morgan fingerprint density at radius 2 is 2.11 bits per heavy atom. The molecule has 8 nitrogen and oxygen atoms in total. The van der Waals surface area contributed by atoms with Gasteiger partial charge in [0.15, 0.2) is 16.7 Å². The summed E-state index contributed by atoms with van der Waals surface area (Å²) in [6.45, 7) is 7.87. The van der Waals surface area contributed by atoms with Gasteiger partial charge in [-0.3, -0.25) is 9.36 Å². The number of rotatable bonds is 9. The Bertz CT molecular complexity index is 1230. The highest BCUT2D eigenvalue weighted by atomic mass is 32.2. The first-order chi connectivity index (χ1) is 16.9. The summed E-state index contributed by atoms with van der Waals surface area (Å²) in [7, 11) is 0. The van der Waals surface area contributed by atoms with E-state index in [4.69, 9.17) is 9.15 Å². The first kappa shape index (κ1) is 23.9. The number of ether oxygens (including phenoxy) is 1. The number of furan rings is 1. The second-order valence-electron chi connectivity index (χ2n) is 9.79. The van der Waals surface area contributed by atoms with E-state index in [1.54, 1.807) is 27.0 Å². The summed E-state index contributed by atoms with van der Waals surface area (Å²) in [6.07, 6.45) is 6.85. The summed E-state index contributed by atoms with van der Waals surface area (Å²) < 4.78 is 13.0. The summed E-state index contributed by atoms with van der Waals surface area (Å²) >= 11 is 1.38. The zero-order valence-corrected chi connectivity index (χ0v) is 21.5. The number of ketones is 1. The van der Waals surface area contributed by atoms with Crippen LogP contribution < -0.4 is 0 Å². The van der Waals surface area contributed by atoms with E-state index in [0.717, 1.165) is 11.8 Å². The summed E-state index contributed by atoms with van der Waals surface area (Å²) in [5, 5.41) is 9.65. The zero-order valence-electron chi connectivity index (χ0n) is 20.7. The average Bonchev–Trinajstić information content (AvgIpc) is 3.66. The lowest BCUT2D eigenvalue weighted by molar-refractivity contribution is 0.0525. The normalized spacial score (nSPS) is 22.0. The van der Waals surface area contributed by atoms with Crippen molar-refractivity contribution in [3.05, 3.63) is 40.9 Å². The Labute approximate surface area is 209 Å². The third-order valence-electron chi connectivity index (χ3n) is 7.75. The maximum atomic E-state index is 13.2. The van der Waals surface area contributed by atoms with E-state index in [0.29, 0.717) is 45.2 Å². The van der Waals surface area contributed by atoms with Gasteiger partial charge in [-0.15, -0.1) is 10.2 Å². The number of hydrogen-bond donors (Lipinski definition) is 1. The highest BCUT2D eigenvalue weighted by Crippen LogP contribution is 2.53. The molecule has 9 heteroatoms. The summed E-state index contributed by atoms with van der Waals surface area (Å²) in [4.78, 5) is 28.6. The van der Waals surface area contributed by atoms with Crippen molar-refractivity contribution >= 4 is 23.5 Å². The van der Waals surface area contributed by atoms with E-state index in [2.05, 4.69) is 26.7 Å². The van der Waals surface area contributed by atoms with Gasteiger partial charge in [-0.05, 0) is 82.4 Å². The summed E-state index contributed by atoms with van der Waals surface area (Å²) in [6, 6.07) is 3.96. The number of nitrogens with zero attached hydrogens (tertiary/aromatic N) is 3. The topological polar surface area (TPSA) is 103 Å². The first-order valence-corrected chi connectivity index (χ1v) is 13.4. The molecule has 2 fully saturated rings. The van der Waals surface area contributed by atoms with Crippen molar-refractivity contribution in [3.8, 4) is 11.6 Å². The zero-order chi connectivity index (χ0) is 24.7. The lowest BCUT2D eigenvalue weighted by Crippen LogP contribution is -2.23. The number of aromatic amines is 1. The smallest absolute Gasteiger partial charge is 0.340 e. The molecule has 3 aromatic heterocycles. The van der Waals surface area contributed by atoms with Crippen LogP contribution in [0.5, 0.6) is 0 Å². The van der Waals surface area contributed by atoms with Gasteiger partial charge in [-0.2, -0.15) is 0 Å². The molecule has 0 spiro atoms. The molecule has 3 aromatic rings. The van der Waals surface area contributed by atoms with Gasteiger partial charge in [-0.25, -0.2) is 4.79 Å². The van der Waals surface area contributed by atoms with Crippen LogP contribution in [-0.2, 0) is 4.74 Å². The van der Waals surface area contributed by atoms with E-state index < -0.39 is 5.97 Å². The van der Waals surface area contributed by atoms with Crippen molar-refractivity contribution in [1.29, 1.82) is 0 Å². The standard InChI is InChI=1S/C26H32N4O4S/c1-5-33-25(32)22-14(2)23(27-15(22)3)20(31)13-35-26-29-28-24(21-7-6-10-34-21)30(26)16(4)19-12-17-8-9-18(19)11-17/h6-7,10,16-19,27H,5,8-9,11-13H2,1-4H3. The molecular formula is C26H32N4O4S. The Kier molecular flexibility index (Phi) is 6.61. The number of aryl methyl sites for hydroxylation is 1. The van der Waals surface area contributed by atoms with Gasteiger partial charge in [-0.1, -0.05) is 18.2 Å². The fraction of sp³-hybridized carbons (Fsp3) is 0.538. The summed E-state index contributed by atoms with van der Waals surface area (Å²) in [5.74, 6) is 3.23. The van der Waals surface area contributed by atoms with Crippen LogP contribution in [0.3, 0.4) is 0 Å². The number of Topliss-reactive ketones (excluding diaryl/α,β-unsaturated/α-hetero) is 1. The number of H-pyrrole nitrogens is 1. The molecule has 186 valence electrons. The quantitative estimate of drug-likeness (QED) is 0.232. The predicted octanol–water partition coefficient (Wildman–Crippen LogP) is 5.63. The molecule has 0 amide bonds. The number of carbonyl (C=O) groups is 2. The molecule has 2 aliphatic rings. The third-order valence-corrected chi connectivity index (χ3v) is 8.70. The lowest BCUT2D eigenvalue weighted by atomic mass is 9.84. The van der Waals surface area contributed by atoms with Crippen LogP contribution in [0, 0.1) is 31.6 Å². The fourth-order valence-corrected chi connectivity index (χ4v) is 7.03. The van der Waals surface area contributed by atoms with Crippen LogP contribution in [0.4, 0.5) is 0 Å². The van der Waals surface area contributed by atoms with E-state index in [1.807, 2.05) is 12.1 Å². The maximum absolute atomic E-state index is 13.2. The molecule has 2 aliphatic carbocycles. The van der Waals surface area contributed by atoms with Gasteiger partial charge in [0.25, 0.3) is 0 Å². The number of nitrogens with one attached hydrogen (secondary N) is 1. The van der Waals surface area contributed by atoms with Gasteiger partial charge in [0, 0.05) is 11.7 Å². The number of carbonyl (C=O) groups excluding carboxylic acids is 2. The number of aromatic nitrogens is 4. The van der Waals surface area contributed by atoms with Gasteiger partial charge in [0.05, 0.1) is 29.9 Å². The largest absolute Gasteiger partial charge is 0.462 e. The molecule has 1 N–H and O–H groups in total. The lowest BCUT2D eigenvalue weighted by Gasteiger charge is -2.30. The van der Waals surface area contributed by atoms with E-state index in [-0.39, 0.29) is 24.2 Å². The molecule has 0 aliphatic heterocycles. The van der Waals surface area contributed by atoms with Crippen molar-refractivity contribution in [3.63, 3.8) is 0 Å². The number of hydrogen-bond acceptors (Lipinski definition) is 7. The molecule has 0 saturated heterocycles. The molecule has 4 atom stereocenters. The molecule has 4 unspecified atom stereocenters. The molecule has 2 saturated carbocycles. The fourth-order valence-electron chi connectivity index (χ4n) is 6.13. The van der Waals surface area contributed by atoms with Gasteiger partial charge in [0.2, 0.25) is 5.82 Å². The predicted molar refractivity (Wildman–Crippen MR) is 133 cm³/mol. The van der Waals surface area contributed by atoms with Crippen LogP contribution in [0.15, 0.2) is 28.0 Å². The van der Waals surface area contributed by atoms with Crippen molar-refractivity contribution in [2.45, 2.75) is 64.6 Å². The highest BCUT2D eigenvalue weighted by molar-refractivity contribution is 7.99. The second kappa shape index (κ2) is 9.68. The molecule has 3 heterocycles. The number of thioether (sulfide) groups is 1. The van der Waals surface area contributed by atoms with E-state index in [1.165, 1.54) is 37.4 Å². The van der Waals surface area contributed by atoms with Gasteiger partial charge in [0.1, 0.15) is 0 Å². The molecular weight excluding hydrogens is 464 g/mol. The average molecular weight is 497 g/mol. The van der Waals surface area contributed by atoms with Crippen LogP contribution in [0.25, 0.3) is 11.6 Å². The number of fused-ring (bicyclic) bond motifs is 2. The van der Waals surface area contributed by atoms with Crippen LogP contribution >= 0.6 is 11.8 Å². The number of esters is 1. The third kappa shape index (κ3) is 4.35. The highest BCUT2D eigenvalue weighted by Gasteiger charge is 2.43. The van der Waals surface area contributed by atoms with Crippen molar-refractivity contribution in [2.75, 3.05) is 12.4 Å². The minimum atomic E-state index is -0.409. The van der Waals surface area contributed by atoms with E-state index in [9.17, 15) is 9.59 Å². The maximum Gasteiger partial charge on any atom is 0.340 e. The summed E-state index contributed by atoms with van der Waals surface area (Å²) in [5.41, 5.74) is 2.15. The SMILES string of the molecule is CCOC(=O)c1c(C)[nH]c(C(=O)CSc2nnc(-c3ccco3)n2C(C)C2CC3CCC2C3)c1C. The van der Waals surface area contributed by atoms with Crippen LogP contribution in [0.2, 0.25) is 0 Å². The van der Waals surface area contributed by atoms with Crippen LogP contribution in [-0.4, -0.2) is 43.9 Å². The van der Waals surface area contributed by atoms with Gasteiger partial charge >= 0.3 is 5.97 Å². The molecule has 2 bridgehead atoms. The molecule has 5 rings (SSSR count). The Morgan fingerprint density at radius 1 is 1.29 bits per heavy atom. The van der Waals surface area contributed by atoms with E-state index >= 15 is 0 Å². The Morgan fingerprint density at radius 3 is 2.77 bits per heavy atom. The minimum absolute atomic E-state index is 0.0900. The van der Waals surface area contributed by atoms with Crippen LogP contribution in [0.1, 0.15) is 77.7 Å². The monoisotopic (exact) mass is 496 g/mol. The molecule has 0 aromatic carbocycles. The molecule has 0 radical (unpaired) electrons.